The number of nitrogens with one attached hydrogen (secondary N) is 2. The number of halogens is 2. The zero-order chi connectivity index (χ0) is 42.7. The number of carbonyl (C=O) groups excluding carboxylic acids is 1. The van der Waals surface area contributed by atoms with E-state index in [9.17, 15) is 9.36 Å². The van der Waals surface area contributed by atoms with E-state index < -0.39 is 55.3 Å². The number of rotatable bonds is 16. The second-order valence-corrected chi connectivity index (χ2v) is 17.9. The average molecular weight is 847 g/mol. The molecule has 1 saturated heterocycles. The molecule has 2 N–H and O–H groups in total. The second kappa shape index (κ2) is 17.6. The van der Waals surface area contributed by atoms with Gasteiger partial charge in [0.05, 0.1) is 26.0 Å². The summed E-state index contributed by atoms with van der Waals surface area (Å²) in [6.45, 7) is 6.45. The van der Waals surface area contributed by atoms with Crippen molar-refractivity contribution in [1.29, 1.82) is 0 Å². The van der Waals surface area contributed by atoms with Gasteiger partial charge in [0.25, 0.3) is 7.52 Å². The third kappa shape index (κ3) is 8.63. The number of nitrogens with zero attached hydrogens (tertiary/aromatic N) is 4. The first kappa shape index (κ1) is 43.1. The van der Waals surface area contributed by atoms with Crippen LogP contribution in [0.15, 0.2) is 91.3 Å². The van der Waals surface area contributed by atoms with Crippen molar-refractivity contribution in [2.24, 2.45) is 5.92 Å². The lowest BCUT2D eigenvalue weighted by Crippen LogP contribution is -2.41. The van der Waals surface area contributed by atoms with E-state index in [2.05, 4.69) is 15.4 Å². The highest BCUT2D eigenvalue weighted by Crippen LogP contribution is 2.54. The van der Waals surface area contributed by atoms with E-state index >= 15 is 8.78 Å². The molecule has 13 nitrogen and oxygen atoms in total. The van der Waals surface area contributed by atoms with Crippen LogP contribution in [0.2, 0.25) is 0 Å². The van der Waals surface area contributed by atoms with Crippen LogP contribution in [0.3, 0.4) is 0 Å². The van der Waals surface area contributed by atoms with Gasteiger partial charge in [-0.25, -0.2) is 18.9 Å². The molecule has 1 aliphatic carbocycles. The fourth-order valence-electron chi connectivity index (χ4n) is 8.09. The molecule has 2 unspecified atom stereocenters. The third-order valence-electron chi connectivity index (χ3n) is 11.6. The fourth-order valence-corrected chi connectivity index (χ4v) is 9.39. The van der Waals surface area contributed by atoms with Gasteiger partial charge in [0.2, 0.25) is 17.7 Å². The largest absolute Gasteiger partial charge is 0.497 e. The Morgan fingerprint density at radius 2 is 1.60 bits per heavy atom. The third-order valence-corrected chi connectivity index (χ3v) is 13.0. The van der Waals surface area contributed by atoms with Crippen LogP contribution in [-0.2, 0) is 28.9 Å². The lowest BCUT2D eigenvalue weighted by molar-refractivity contribution is -0.187. The number of ether oxygens (including phenoxy) is 4. The molecular formula is C44H53F2N6O7P. The minimum absolute atomic E-state index is 0.104. The van der Waals surface area contributed by atoms with Crippen LogP contribution in [0.5, 0.6) is 11.6 Å². The van der Waals surface area contributed by atoms with Crippen molar-refractivity contribution in [1.82, 2.24) is 24.6 Å². The number of anilines is 1. The van der Waals surface area contributed by atoms with Gasteiger partial charge in [-0.15, -0.1) is 0 Å². The number of hydrogen-bond donors (Lipinski definition) is 2. The van der Waals surface area contributed by atoms with Crippen molar-refractivity contribution in [3.05, 3.63) is 108 Å². The van der Waals surface area contributed by atoms with E-state index in [1.54, 1.807) is 14.0 Å². The molecule has 2 fully saturated rings. The number of aromatic nitrogens is 4. The van der Waals surface area contributed by atoms with Gasteiger partial charge in [-0.2, -0.15) is 9.97 Å². The molecule has 1 aliphatic heterocycles. The normalized spacial score (nSPS) is 23.8. The predicted molar refractivity (Wildman–Crippen MR) is 224 cm³/mol. The maximum absolute atomic E-state index is 17.0. The molecule has 2 aromatic heterocycles. The van der Waals surface area contributed by atoms with Gasteiger partial charge < -0.3 is 28.8 Å². The summed E-state index contributed by atoms with van der Waals surface area (Å²) in [6.07, 6.45) is 4.10. The highest BCUT2D eigenvalue weighted by molar-refractivity contribution is 7.56. The van der Waals surface area contributed by atoms with Crippen LogP contribution in [0.25, 0.3) is 11.2 Å². The number of carbonyl (C=O) groups is 1. The summed E-state index contributed by atoms with van der Waals surface area (Å²) >= 11 is 0. The number of hydrogen-bond acceptors (Lipinski definition) is 11. The van der Waals surface area contributed by atoms with Crippen molar-refractivity contribution in [2.75, 3.05) is 32.3 Å². The molecule has 1 saturated carbocycles. The Hall–Kier alpha value is -4.95. The van der Waals surface area contributed by atoms with E-state index in [1.165, 1.54) is 38.3 Å². The summed E-state index contributed by atoms with van der Waals surface area (Å²) in [5, 5.41) is 6.28. The van der Waals surface area contributed by atoms with Gasteiger partial charge in [-0.1, -0.05) is 86.1 Å². The minimum atomic E-state index is -3.83. The zero-order valence-corrected chi connectivity index (χ0v) is 35.7. The molecule has 6 atom stereocenters. The van der Waals surface area contributed by atoms with Gasteiger partial charge in [0.15, 0.2) is 23.1 Å². The highest BCUT2D eigenvalue weighted by atomic mass is 31.2. The predicted octanol–water partition coefficient (Wildman–Crippen LogP) is 8.89. The maximum atomic E-state index is 17.0. The number of fused-ring (bicyclic) bond motifs is 1. The van der Waals surface area contributed by atoms with Crippen molar-refractivity contribution >= 4 is 30.6 Å². The maximum Gasteiger partial charge on any atom is 0.323 e. The Morgan fingerprint density at radius 3 is 2.20 bits per heavy atom. The molecule has 0 amide bonds. The van der Waals surface area contributed by atoms with Crippen molar-refractivity contribution in [2.45, 2.75) is 95.2 Å². The van der Waals surface area contributed by atoms with Crippen LogP contribution in [0.4, 0.5) is 14.7 Å². The summed E-state index contributed by atoms with van der Waals surface area (Å²) < 4.78 is 77.5. The first-order valence-electron chi connectivity index (χ1n) is 20.4. The highest BCUT2D eigenvalue weighted by Gasteiger charge is 2.63. The van der Waals surface area contributed by atoms with Gasteiger partial charge >= 0.3 is 5.97 Å². The zero-order valence-electron chi connectivity index (χ0n) is 34.8. The topological polar surface area (TPSA) is 148 Å². The minimum Gasteiger partial charge on any atom is -0.497 e. The first-order chi connectivity index (χ1) is 28.7. The molecule has 7 rings (SSSR count). The molecule has 320 valence electrons. The van der Waals surface area contributed by atoms with E-state index in [4.69, 9.17) is 33.4 Å². The summed E-state index contributed by atoms with van der Waals surface area (Å²) in [5.74, 6) is -3.87. The number of esters is 1. The van der Waals surface area contributed by atoms with Crippen LogP contribution in [0, 0.1) is 5.92 Å². The van der Waals surface area contributed by atoms with Crippen LogP contribution < -0.4 is 19.9 Å². The number of imidazole rings is 1. The van der Waals surface area contributed by atoms with Gasteiger partial charge in [0.1, 0.15) is 30.0 Å². The Balaban J connectivity index is 1.21. The molecule has 3 aromatic carbocycles. The second-order valence-electron chi connectivity index (χ2n) is 15.7. The van der Waals surface area contributed by atoms with Gasteiger partial charge in [-0.05, 0) is 75.3 Å². The van der Waals surface area contributed by atoms with Crippen LogP contribution >= 0.6 is 7.52 Å². The lowest BCUT2D eigenvalue weighted by Gasteiger charge is -2.37. The molecular weight excluding hydrogens is 793 g/mol. The van der Waals surface area contributed by atoms with E-state index in [0.717, 1.165) is 48.8 Å². The van der Waals surface area contributed by atoms with Crippen molar-refractivity contribution < 1.29 is 41.6 Å². The summed E-state index contributed by atoms with van der Waals surface area (Å²) in [4.78, 5) is 27.0. The van der Waals surface area contributed by atoms with Crippen LogP contribution in [-0.4, -0.2) is 76.1 Å². The molecule has 3 heterocycles. The molecule has 0 bridgehead atoms. The number of benzene rings is 3. The SMILES string of the molecule is CCOc1nc(NC(c2ccccc2)(c2ccccc2)c2ccc(OC)cc2)nc2c1ncn2C1O[C@](F)(COP(C)(=O)N[C@@H](C)C(=O)OC2CCCCC2)[C@@H](C)[C@@]1(C)F. The molecule has 2 aliphatic rings. The van der Waals surface area contributed by atoms with Crippen LogP contribution in [0.1, 0.15) is 82.7 Å². The first-order valence-corrected chi connectivity index (χ1v) is 22.4. The van der Waals surface area contributed by atoms with Gasteiger partial charge in [0, 0.05) is 6.66 Å². The fraction of sp³-hybridized carbons (Fsp3) is 0.455. The standard InChI is InChI=1S/C44H53F2N6O7P/c1-7-56-38-36-37(48-41(49-38)50-44(31-17-11-8-12-18-31,32-19-13-9-14-20-32)33-23-25-34(55-5)26-24-33)52(28-47-36)40-42(4,45)30(3)43(46,59-40)27-57-60(6,54)51-29(2)39(53)58-35-21-15-10-16-22-35/h8-9,11-14,17-20,23-26,28-30,35,40H,7,10,15-16,21-22,27H2,1-6H3,(H,51,54)(H,48,49,50)/t29-,30-,40?,42+,43+,60?/m0/s1. The average Bonchev–Trinajstić information content (AvgIpc) is 3.75. The Bertz CT molecular complexity index is 2260. The van der Waals surface area contributed by atoms with Gasteiger partial charge in [-0.3, -0.25) is 13.9 Å². The molecule has 16 heteroatoms. The summed E-state index contributed by atoms with van der Waals surface area (Å²) in [5.41, 5.74) is -0.572. The summed E-state index contributed by atoms with van der Waals surface area (Å²) in [7, 11) is -2.22. The van der Waals surface area contributed by atoms with Crippen molar-refractivity contribution in [3.8, 4) is 11.6 Å². The molecule has 5 aromatic rings. The Labute approximate surface area is 349 Å². The van der Waals surface area contributed by atoms with E-state index in [1.807, 2.05) is 84.9 Å². The van der Waals surface area contributed by atoms with Crippen molar-refractivity contribution in [3.63, 3.8) is 0 Å². The van der Waals surface area contributed by atoms with E-state index in [0.29, 0.717) is 5.75 Å². The number of methoxy groups -OCH3 is 1. The monoisotopic (exact) mass is 846 g/mol. The molecule has 60 heavy (non-hydrogen) atoms. The number of alkyl halides is 2. The van der Waals surface area contributed by atoms with E-state index in [-0.39, 0.29) is 35.7 Å². The Morgan fingerprint density at radius 1 is 0.983 bits per heavy atom. The quantitative estimate of drug-likeness (QED) is 0.0555. The molecule has 0 spiro atoms. The summed E-state index contributed by atoms with van der Waals surface area (Å²) in [6, 6.07) is 26.3. The molecule has 0 radical (unpaired) electrons. The smallest absolute Gasteiger partial charge is 0.323 e. The Kier molecular flexibility index (Phi) is 12.6. The lowest BCUT2D eigenvalue weighted by atomic mass is 9.77.